The number of aromatic carboxylic acids is 1. The van der Waals surface area contributed by atoms with Crippen LogP contribution in [0, 0.1) is 5.82 Å². The third kappa shape index (κ3) is 5.25. The molecule has 1 aromatic carbocycles. The predicted octanol–water partition coefficient (Wildman–Crippen LogP) is 2.47. The van der Waals surface area contributed by atoms with Gasteiger partial charge in [-0.25, -0.2) is 9.18 Å². The first-order valence-corrected chi connectivity index (χ1v) is 5.81. The van der Waals surface area contributed by atoms with Crippen LogP contribution >= 0.6 is 0 Å². The zero-order valence-electron chi connectivity index (χ0n) is 10.3. The van der Waals surface area contributed by atoms with Crippen LogP contribution in [0.25, 0.3) is 0 Å². The Labute approximate surface area is 105 Å². The number of hydrogen-bond donors (Lipinski definition) is 1. The SMILES string of the molecule is CCCOCCOCc1cc(F)cc(C(=O)O)c1. The molecule has 100 valence electrons. The lowest BCUT2D eigenvalue weighted by Gasteiger charge is -2.06. The quantitative estimate of drug-likeness (QED) is 0.726. The van der Waals surface area contributed by atoms with Crippen LogP contribution in [0.4, 0.5) is 4.39 Å². The Bertz CT molecular complexity index is 393. The van der Waals surface area contributed by atoms with Crippen molar-refractivity contribution in [3.63, 3.8) is 0 Å². The van der Waals surface area contributed by atoms with Crippen molar-refractivity contribution in [2.24, 2.45) is 0 Å². The summed E-state index contributed by atoms with van der Waals surface area (Å²) in [7, 11) is 0. The van der Waals surface area contributed by atoms with E-state index in [0.29, 0.717) is 25.4 Å². The molecule has 0 aliphatic rings. The molecule has 1 aromatic rings. The van der Waals surface area contributed by atoms with Gasteiger partial charge in [-0.2, -0.15) is 0 Å². The molecule has 0 saturated carbocycles. The van der Waals surface area contributed by atoms with Gasteiger partial charge in [-0.15, -0.1) is 0 Å². The highest BCUT2D eigenvalue weighted by atomic mass is 19.1. The molecule has 0 saturated heterocycles. The monoisotopic (exact) mass is 256 g/mol. The van der Waals surface area contributed by atoms with Gasteiger partial charge in [-0.05, 0) is 30.2 Å². The Kier molecular flexibility index (Phi) is 6.32. The normalized spacial score (nSPS) is 10.6. The maximum Gasteiger partial charge on any atom is 0.335 e. The molecular weight excluding hydrogens is 239 g/mol. The molecule has 0 radical (unpaired) electrons. The summed E-state index contributed by atoms with van der Waals surface area (Å²) in [5.74, 6) is -1.72. The first-order chi connectivity index (χ1) is 8.63. The number of hydrogen-bond acceptors (Lipinski definition) is 3. The van der Waals surface area contributed by atoms with E-state index in [9.17, 15) is 9.18 Å². The highest BCUT2D eigenvalue weighted by molar-refractivity contribution is 5.87. The molecule has 0 aromatic heterocycles. The minimum atomic E-state index is -1.15. The molecule has 5 heteroatoms. The lowest BCUT2D eigenvalue weighted by atomic mass is 10.1. The van der Waals surface area contributed by atoms with E-state index in [-0.39, 0.29) is 12.2 Å². The van der Waals surface area contributed by atoms with Gasteiger partial charge in [0.15, 0.2) is 0 Å². The van der Waals surface area contributed by atoms with E-state index in [1.165, 1.54) is 12.1 Å². The van der Waals surface area contributed by atoms with Gasteiger partial charge in [0.05, 0.1) is 25.4 Å². The lowest BCUT2D eigenvalue weighted by Crippen LogP contribution is -2.06. The van der Waals surface area contributed by atoms with Crippen molar-refractivity contribution in [2.45, 2.75) is 20.0 Å². The molecule has 1 N–H and O–H groups in total. The Morgan fingerprint density at radius 3 is 2.61 bits per heavy atom. The molecule has 0 heterocycles. The average molecular weight is 256 g/mol. The lowest BCUT2D eigenvalue weighted by molar-refractivity contribution is 0.0407. The highest BCUT2D eigenvalue weighted by Crippen LogP contribution is 2.10. The minimum Gasteiger partial charge on any atom is -0.478 e. The van der Waals surface area contributed by atoms with Gasteiger partial charge in [-0.3, -0.25) is 0 Å². The Balaban J connectivity index is 2.40. The molecule has 0 unspecified atom stereocenters. The summed E-state index contributed by atoms with van der Waals surface area (Å²) in [5, 5.41) is 8.77. The van der Waals surface area contributed by atoms with Crippen LogP contribution in [-0.4, -0.2) is 30.9 Å². The highest BCUT2D eigenvalue weighted by Gasteiger charge is 2.07. The fourth-order valence-corrected chi connectivity index (χ4v) is 1.41. The second kappa shape index (κ2) is 7.79. The third-order valence-electron chi connectivity index (χ3n) is 2.19. The van der Waals surface area contributed by atoms with Crippen molar-refractivity contribution in [3.05, 3.63) is 35.1 Å². The van der Waals surface area contributed by atoms with Crippen LogP contribution in [0.1, 0.15) is 29.3 Å². The van der Waals surface area contributed by atoms with E-state index in [1.54, 1.807) is 0 Å². The van der Waals surface area contributed by atoms with Crippen LogP contribution in [-0.2, 0) is 16.1 Å². The van der Waals surface area contributed by atoms with Crippen LogP contribution in [0.5, 0.6) is 0 Å². The molecule has 18 heavy (non-hydrogen) atoms. The van der Waals surface area contributed by atoms with Gasteiger partial charge in [-0.1, -0.05) is 6.92 Å². The Hall–Kier alpha value is -1.46. The van der Waals surface area contributed by atoms with Gasteiger partial charge in [0.25, 0.3) is 0 Å². The maximum absolute atomic E-state index is 13.1. The minimum absolute atomic E-state index is 0.0733. The van der Waals surface area contributed by atoms with Crippen molar-refractivity contribution in [3.8, 4) is 0 Å². The standard InChI is InChI=1S/C13H17FO4/c1-2-3-17-4-5-18-9-10-6-11(13(15)16)8-12(14)7-10/h6-8H,2-5,9H2,1H3,(H,15,16). The fourth-order valence-electron chi connectivity index (χ4n) is 1.41. The molecular formula is C13H17FO4. The number of rotatable bonds is 8. The smallest absolute Gasteiger partial charge is 0.335 e. The molecule has 4 nitrogen and oxygen atoms in total. The number of ether oxygens (including phenoxy) is 2. The predicted molar refractivity (Wildman–Crippen MR) is 64.1 cm³/mol. The first kappa shape index (κ1) is 14.6. The molecule has 0 amide bonds. The van der Waals surface area contributed by atoms with Crippen LogP contribution in [0.2, 0.25) is 0 Å². The molecule has 1 rings (SSSR count). The summed E-state index contributed by atoms with van der Waals surface area (Å²) in [6.45, 7) is 3.76. The molecule has 0 aliphatic heterocycles. The van der Waals surface area contributed by atoms with Crippen LogP contribution < -0.4 is 0 Å². The second-order valence-corrected chi connectivity index (χ2v) is 3.82. The Morgan fingerprint density at radius 1 is 1.22 bits per heavy atom. The topological polar surface area (TPSA) is 55.8 Å². The van der Waals surface area contributed by atoms with Crippen molar-refractivity contribution in [1.82, 2.24) is 0 Å². The number of halogens is 1. The van der Waals surface area contributed by atoms with Crippen molar-refractivity contribution in [2.75, 3.05) is 19.8 Å². The second-order valence-electron chi connectivity index (χ2n) is 3.82. The van der Waals surface area contributed by atoms with E-state index >= 15 is 0 Å². The zero-order chi connectivity index (χ0) is 13.4. The summed E-state index contributed by atoms with van der Waals surface area (Å²) >= 11 is 0. The molecule has 0 spiro atoms. The van der Waals surface area contributed by atoms with E-state index in [1.807, 2.05) is 6.92 Å². The van der Waals surface area contributed by atoms with Crippen molar-refractivity contribution >= 4 is 5.97 Å². The van der Waals surface area contributed by atoms with Crippen molar-refractivity contribution in [1.29, 1.82) is 0 Å². The van der Waals surface area contributed by atoms with Gasteiger partial charge in [0.2, 0.25) is 0 Å². The van der Waals surface area contributed by atoms with Gasteiger partial charge >= 0.3 is 5.97 Å². The van der Waals surface area contributed by atoms with Crippen LogP contribution in [0.15, 0.2) is 18.2 Å². The van der Waals surface area contributed by atoms with E-state index in [4.69, 9.17) is 14.6 Å². The van der Waals surface area contributed by atoms with Gasteiger partial charge < -0.3 is 14.6 Å². The van der Waals surface area contributed by atoms with Crippen LogP contribution in [0.3, 0.4) is 0 Å². The van der Waals surface area contributed by atoms with Gasteiger partial charge in [0.1, 0.15) is 5.82 Å². The summed E-state index contributed by atoms with van der Waals surface area (Å²) < 4.78 is 23.6. The molecule has 0 aliphatic carbocycles. The largest absolute Gasteiger partial charge is 0.478 e. The summed E-state index contributed by atoms with van der Waals surface area (Å²) in [6.07, 6.45) is 0.950. The summed E-state index contributed by atoms with van der Waals surface area (Å²) in [6, 6.07) is 3.65. The zero-order valence-corrected chi connectivity index (χ0v) is 10.3. The summed E-state index contributed by atoms with van der Waals surface area (Å²) in [4.78, 5) is 10.7. The Morgan fingerprint density at radius 2 is 1.94 bits per heavy atom. The number of carbonyl (C=O) groups is 1. The molecule has 0 atom stereocenters. The fraction of sp³-hybridized carbons (Fsp3) is 0.462. The maximum atomic E-state index is 13.1. The number of carboxylic acids is 1. The number of carboxylic acid groups (broad SMARTS) is 1. The molecule has 0 fully saturated rings. The molecule has 0 bridgehead atoms. The van der Waals surface area contributed by atoms with E-state index < -0.39 is 11.8 Å². The summed E-state index contributed by atoms with van der Waals surface area (Å²) in [5.41, 5.74) is 0.429. The van der Waals surface area contributed by atoms with E-state index in [2.05, 4.69) is 0 Å². The van der Waals surface area contributed by atoms with Crippen molar-refractivity contribution < 1.29 is 23.8 Å². The van der Waals surface area contributed by atoms with Gasteiger partial charge in [0, 0.05) is 6.61 Å². The average Bonchev–Trinajstić information content (AvgIpc) is 2.33. The van der Waals surface area contributed by atoms with E-state index in [0.717, 1.165) is 12.5 Å². The first-order valence-electron chi connectivity index (χ1n) is 5.81. The number of benzene rings is 1. The third-order valence-corrected chi connectivity index (χ3v) is 2.19.